The fraction of sp³-hybridized carbons (Fsp3) is 0.658. The maximum atomic E-state index is 11.1. The average molecular weight is 862 g/mol. The minimum atomic E-state index is -1.93. The number of carbonyl (C=O) groups excluding carboxylic acids is 3. The van der Waals surface area contributed by atoms with E-state index in [1.807, 2.05) is 13.1 Å². The Morgan fingerprint density at radius 1 is 0.698 bits per heavy atom. The van der Waals surface area contributed by atoms with Crippen molar-refractivity contribution in [2.75, 3.05) is 25.3 Å². The lowest BCUT2D eigenvalue weighted by atomic mass is 10.4. The summed E-state index contributed by atoms with van der Waals surface area (Å²) in [5, 5.41) is 0. The van der Waals surface area contributed by atoms with Crippen LogP contribution in [0.15, 0.2) is 61.8 Å². The number of carbonyl (C=O) groups is 3. The summed E-state index contributed by atoms with van der Waals surface area (Å²) < 4.78 is 27.5. The minimum absolute atomic E-state index is 0.0252. The van der Waals surface area contributed by atoms with Crippen LogP contribution in [-0.4, -0.2) is 104 Å². The van der Waals surface area contributed by atoms with Gasteiger partial charge in [0.1, 0.15) is 12.5 Å². The van der Waals surface area contributed by atoms with Gasteiger partial charge in [-0.3, -0.25) is 0 Å². The molecule has 0 N–H and O–H groups in total. The van der Waals surface area contributed by atoms with Gasteiger partial charge in [0.15, 0.2) is 8.32 Å². The zero-order valence-corrected chi connectivity index (χ0v) is 44.4. The first-order chi connectivity index (χ1) is 24.2. The molecule has 0 aromatic rings. The van der Waals surface area contributed by atoms with Gasteiger partial charge in [0.2, 0.25) is 16.6 Å². The molecule has 1 atom stereocenters. The third-order valence-electron chi connectivity index (χ3n) is 7.73. The van der Waals surface area contributed by atoms with E-state index in [2.05, 4.69) is 99.5 Å². The summed E-state index contributed by atoms with van der Waals surface area (Å²) in [7, 11) is -7.30. The SMILES string of the molecule is C=C(C)C(=O)OC[Si](C)(C)OCCC.C=CC(=O)OC[Si](C)(C)C[SiH](C)CC[SiH2]CC(=C)C.C=CC(=O)OC[Si](C)(C)O[Si](C)(C)CC[SiH2]CC(=C)C. The molecule has 0 aliphatic rings. The molecule has 53 heavy (non-hydrogen) atoms. The molecule has 0 amide bonds. The number of allylic oxidation sites excluding steroid dienone is 2. The molecular weight excluding hydrogens is 781 g/mol. The summed E-state index contributed by atoms with van der Waals surface area (Å²) in [4.78, 5) is 33.4. The zero-order chi connectivity index (χ0) is 41.9. The van der Waals surface area contributed by atoms with Crippen molar-refractivity contribution in [1.29, 1.82) is 0 Å². The monoisotopic (exact) mass is 860 g/mol. The molecule has 0 radical (unpaired) electrons. The van der Waals surface area contributed by atoms with E-state index < -0.39 is 41.8 Å². The van der Waals surface area contributed by atoms with E-state index in [-0.39, 0.29) is 36.9 Å². The predicted octanol–water partition coefficient (Wildman–Crippen LogP) is 8.48. The second-order valence-corrected chi connectivity index (χ2v) is 42.7. The highest BCUT2D eigenvalue weighted by Gasteiger charge is 2.34. The summed E-state index contributed by atoms with van der Waals surface area (Å²) >= 11 is 0. The van der Waals surface area contributed by atoms with Crippen LogP contribution in [0.5, 0.6) is 0 Å². The number of esters is 3. The average Bonchev–Trinajstić information content (AvgIpc) is 3.04. The smallest absolute Gasteiger partial charge is 0.332 e. The zero-order valence-electron chi connectivity index (χ0n) is 36.4. The van der Waals surface area contributed by atoms with E-state index in [0.29, 0.717) is 24.3 Å². The second kappa shape index (κ2) is 29.8. The van der Waals surface area contributed by atoms with E-state index in [9.17, 15) is 14.4 Å². The first-order valence-electron chi connectivity index (χ1n) is 19.3. The van der Waals surface area contributed by atoms with Crippen LogP contribution in [0.2, 0.25) is 101 Å². The van der Waals surface area contributed by atoms with Gasteiger partial charge in [0.05, 0.1) is 14.3 Å². The third kappa shape index (κ3) is 38.6. The van der Waals surface area contributed by atoms with Crippen molar-refractivity contribution >= 4 is 78.8 Å². The van der Waals surface area contributed by atoms with Gasteiger partial charge >= 0.3 is 17.9 Å². The topological polar surface area (TPSA) is 97.4 Å². The molecule has 0 aromatic heterocycles. The Balaban J connectivity index is -0.000000719. The normalized spacial score (nSPS) is 12.5. The quantitative estimate of drug-likeness (QED) is 0.0214. The van der Waals surface area contributed by atoms with Crippen LogP contribution in [0.3, 0.4) is 0 Å². The minimum Gasteiger partial charge on any atom is -0.466 e. The van der Waals surface area contributed by atoms with Crippen molar-refractivity contribution < 1.29 is 37.1 Å². The summed E-state index contributed by atoms with van der Waals surface area (Å²) in [6, 6.07) is 8.00. The van der Waals surface area contributed by atoms with Gasteiger partial charge in [-0.2, -0.15) is 0 Å². The summed E-state index contributed by atoms with van der Waals surface area (Å²) in [5.74, 6) is -0.961. The van der Waals surface area contributed by atoms with Crippen LogP contribution in [0.4, 0.5) is 0 Å². The first-order valence-corrected chi connectivity index (χ1v) is 38.8. The Hall–Kier alpha value is -1.45. The van der Waals surface area contributed by atoms with Crippen LogP contribution < -0.4 is 0 Å². The van der Waals surface area contributed by atoms with Gasteiger partial charge < -0.3 is 22.8 Å². The van der Waals surface area contributed by atoms with Crippen molar-refractivity contribution in [2.45, 2.75) is 135 Å². The largest absolute Gasteiger partial charge is 0.466 e. The number of hydrogen-bond acceptors (Lipinski definition) is 8. The molecule has 0 aromatic carbocycles. The van der Waals surface area contributed by atoms with Crippen molar-refractivity contribution in [3.05, 3.63) is 61.8 Å². The standard InChI is InChI=1S/C14H30O3Si3.C14H30O2Si3.C10H20O3Si/c1-8-14(15)16-12-20(6,7)17-19(4,5)10-9-18-11-13(2)3;1-7-14(15)16-11-19(5,6)12-18(4)9-8-17-10-13(2)3;1-6-7-13-14(4,5)8-12-10(11)9(2)3/h8H,1-2,9-12,18H2,3-7H3;7,18H,1-2,8-12,17H2,3-6H3;2,6-8H2,1,3-5H3. The van der Waals surface area contributed by atoms with Gasteiger partial charge in [0.25, 0.3) is 0 Å². The number of hydrogen-bond donors (Lipinski definition) is 0. The van der Waals surface area contributed by atoms with E-state index in [1.54, 1.807) is 6.92 Å². The fourth-order valence-electron chi connectivity index (χ4n) is 5.24. The Kier molecular flexibility index (Phi) is 31.4. The maximum absolute atomic E-state index is 11.1. The van der Waals surface area contributed by atoms with E-state index in [4.69, 9.17) is 22.8 Å². The highest BCUT2D eigenvalue weighted by atomic mass is 28.4. The Labute approximate surface area is 336 Å². The first kappa shape index (κ1) is 55.9. The van der Waals surface area contributed by atoms with Gasteiger partial charge in [-0.1, -0.05) is 81.2 Å². The number of rotatable bonds is 26. The molecular formula is C38H80O8Si7. The van der Waals surface area contributed by atoms with E-state index >= 15 is 0 Å². The van der Waals surface area contributed by atoms with Gasteiger partial charge in [-0.05, 0) is 84.6 Å². The summed E-state index contributed by atoms with van der Waals surface area (Å²) in [5.41, 5.74) is 4.47. The molecule has 0 heterocycles. The molecule has 0 rings (SSSR count). The van der Waals surface area contributed by atoms with Crippen molar-refractivity contribution in [3.8, 4) is 0 Å². The Bertz CT molecular complexity index is 1150. The van der Waals surface area contributed by atoms with Crippen LogP contribution >= 0.6 is 0 Å². The molecule has 0 saturated heterocycles. The Morgan fingerprint density at radius 3 is 1.62 bits per heavy atom. The van der Waals surface area contributed by atoms with Gasteiger partial charge in [-0.15, -0.1) is 13.2 Å². The lowest BCUT2D eigenvalue weighted by molar-refractivity contribution is -0.138. The molecule has 0 saturated carbocycles. The van der Waals surface area contributed by atoms with E-state index in [1.165, 1.54) is 65.2 Å². The lowest BCUT2D eigenvalue weighted by Gasteiger charge is -2.33. The molecule has 1 unspecified atom stereocenters. The molecule has 0 aliphatic carbocycles. The fourth-order valence-corrected chi connectivity index (χ4v) is 33.1. The van der Waals surface area contributed by atoms with Crippen LogP contribution in [0, 0.1) is 0 Å². The van der Waals surface area contributed by atoms with Crippen molar-refractivity contribution in [2.24, 2.45) is 0 Å². The van der Waals surface area contributed by atoms with Crippen LogP contribution in [-0.2, 0) is 37.1 Å². The number of ether oxygens (including phenoxy) is 3. The van der Waals surface area contributed by atoms with Crippen LogP contribution in [0.25, 0.3) is 0 Å². The maximum Gasteiger partial charge on any atom is 0.332 e. The highest BCUT2D eigenvalue weighted by molar-refractivity contribution is 6.88. The summed E-state index contributed by atoms with van der Waals surface area (Å²) in [6.45, 7) is 47.0. The molecule has 0 aliphatic heterocycles. The van der Waals surface area contributed by atoms with E-state index in [0.717, 1.165) is 13.0 Å². The molecule has 15 heteroatoms. The van der Waals surface area contributed by atoms with Gasteiger partial charge in [-0.25, -0.2) is 14.4 Å². The molecule has 0 fully saturated rings. The Morgan fingerprint density at radius 2 is 1.17 bits per heavy atom. The van der Waals surface area contributed by atoms with Gasteiger partial charge in [0, 0.05) is 52.2 Å². The predicted molar refractivity (Wildman–Crippen MR) is 249 cm³/mol. The molecule has 8 nitrogen and oxygen atoms in total. The van der Waals surface area contributed by atoms with Crippen molar-refractivity contribution in [3.63, 3.8) is 0 Å². The second-order valence-electron chi connectivity index (χ2n) is 17.1. The summed E-state index contributed by atoms with van der Waals surface area (Å²) in [6.07, 6.45) is 4.92. The lowest BCUT2D eigenvalue weighted by Crippen LogP contribution is -2.48. The van der Waals surface area contributed by atoms with Crippen molar-refractivity contribution in [1.82, 2.24) is 0 Å². The third-order valence-corrected chi connectivity index (χ3v) is 31.6. The molecule has 0 bridgehead atoms. The molecule has 0 spiro atoms. The van der Waals surface area contributed by atoms with Crippen LogP contribution in [0.1, 0.15) is 34.1 Å². The molecule has 308 valence electrons. The highest BCUT2D eigenvalue weighted by Crippen LogP contribution is 2.21.